The van der Waals surface area contributed by atoms with Gasteiger partial charge in [0.15, 0.2) is 0 Å². The topological polar surface area (TPSA) is 82.2 Å². The lowest BCUT2D eigenvalue weighted by Gasteiger charge is -2.09. The van der Waals surface area contributed by atoms with Crippen molar-refractivity contribution in [3.8, 4) is 22.0 Å². The summed E-state index contributed by atoms with van der Waals surface area (Å²) >= 11 is 1.56. The van der Waals surface area contributed by atoms with Crippen LogP contribution in [0.3, 0.4) is 0 Å². The number of aryl methyl sites for hydroxylation is 1. The van der Waals surface area contributed by atoms with Gasteiger partial charge in [0.05, 0.1) is 29.8 Å². The van der Waals surface area contributed by atoms with Crippen LogP contribution in [0, 0.1) is 13.8 Å². The second-order valence-electron chi connectivity index (χ2n) is 7.52. The summed E-state index contributed by atoms with van der Waals surface area (Å²) < 4.78 is 12.7. The van der Waals surface area contributed by atoms with Crippen LogP contribution in [0.5, 0.6) is 0 Å². The minimum absolute atomic E-state index is 0.101. The SMILES string of the molecule is COCCCNC(=O)c1cc(-c2csc(-c3ccc(C)nc3)n2)n(Cc2ccco2)c1C. The number of hydrogen-bond donors (Lipinski definition) is 1. The Morgan fingerprint density at radius 1 is 1.28 bits per heavy atom. The zero-order valence-corrected chi connectivity index (χ0v) is 19.2. The number of pyridine rings is 1. The van der Waals surface area contributed by atoms with Gasteiger partial charge in [-0.25, -0.2) is 4.98 Å². The van der Waals surface area contributed by atoms with Crippen LogP contribution in [0.1, 0.15) is 33.9 Å². The van der Waals surface area contributed by atoms with Crippen LogP contribution >= 0.6 is 11.3 Å². The van der Waals surface area contributed by atoms with Gasteiger partial charge in [0.1, 0.15) is 10.8 Å². The molecule has 1 amide bonds. The van der Waals surface area contributed by atoms with Crippen LogP contribution in [0.2, 0.25) is 0 Å². The minimum atomic E-state index is -0.101. The van der Waals surface area contributed by atoms with E-state index in [0.29, 0.717) is 25.3 Å². The molecule has 0 radical (unpaired) electrons. The Balaban J connectivity index is 1.67. The molecule has 0 unspecified atom stereocenters. The quantitative estimate of drug-likeness (QED) is 0.374. The summed E-state index contributed by atoms with van der Waals surface area (Å²) in [7, 11) is 1.65. The Hall–Kier alpha value is -3.23. The molecule has 4 heterocycles. The van der Waals surface area contributed by atoms with Crippen molar-refractivity contribution in [2.75, 3.05) is 20.3 Å². The van der Waals surface area contributed by atoms with E-state index >= 15 is 0 Å². The summed E-state index contributed by atoms with van der Waals surface area (Å²) in [6, 6.07) is 9.71. The molecule has 8 heteroatoms. The van der Waals surface area contributed by atoms with Crippen molar-refractivity contribution in [3.05, 3.63) is 70.9 Å². The first kappa shape index (κ1) is 22.0. The maximum absolute atomic E-state index is 12.9. The van der Waals surface area contributed by atoms with Gasteiger partial charge in [-0.05, 0) is 50.6 Å². The summed E-state index contributed by atoms with van der Waals surface area (Å²) in [5.41, 5.74) is 5.14. The van der Waals surface area contributed by atoms with Gasteiger partial charge in [-0.1, -0.05) is 0 Å². The molecule has 0 aromatic carbocycles. The van der Waals surface area contributed by atoms with Gasteiger partial charge < -0.3 is 19.0 Å². The Kier molecular flexibility index (Phi) is 6.82. The van der Waals surface area contributed by atoms with E-state index in [2.05, 4.69) is 14.9 Å². The summed E-state index contributed by atoms with van der Waals surface area (Å²) in [4.78, 5) is 22.1. The molecule has 0 saturated carbocycles. The number of carbonyl (C=O) groups is 1. The number of nitrogens with zero attached hydrogens (tertiary/aromatic N) is 3. The van der Waals surface area contributed by atoms with Crippen LogP contribution in [-0.4, -0.2) is 40.7 Å². The van der Waals surface area contributed by atoms with Crippen LogP contribution < -0.4 is 5.32 Å². The molecule has 0 aliphatic rings. The van der Waals surface area contributed by atoms with Crippen molar-refractivity contribution >= 4 is 17.2 Å². The molecule has 4 rings (SSSR count). The molecular weight excluding hydrogens is 424 g/mol. The van der Waals surface area contributed by atoms with E-state index in [1.807, 2.05) is 55.8 Å². The lowest BCUT2D eigenvalue weighted by atomic mass is 10.2. The molecule has 4 aromatic heterocycles. The number of nitrogens with one attached hydrogen (secondary N) is 1. The van der Waals surface area contributed by atoms with Crippen LogP contribution in [0.15, 0.2) is 52.6 Å². The molecule has 0 fully saturated rings. The molecule has 166 valence electrons. The van der Waals surface area contributed by atoms with E-state index in [1.165, 1.54) is 0 Å². The monoisotopic (exact) mass is 450 g/mol. The predicted octanol–water partition coefficient (Wildman–Crippen LogP) is 4.70. The van der Waals surface area contributed by atoms with E-state index in [9.17, 15) is 4.79 Å². The van der Waals surface area contributed by atoms with Crippen molar-refractivity contribution in [3.63, 3.8) is 0 Å². The molecule has 1 N–H and O–H groups in total. The Morgan fingerprint density at radius 3 is 2.88 bits per heavy atom. The van der Waals surface area contributed by atoms with Gasteiger partial charge in [-0.2, -0.15) is 0 Å². The zero-order valence-electron chi connectivity index (χ0n) is 18.4. The minimum Gasteiger partial charge on any atom is -0.467 e. The van der Waals surface area contributed by atoms with Gasteiger partial charge >= 0.3 is 0 Å². The fourth-order valence-corrected chi connectivity index (χ4v) is 4.29. The molecule has 0 spiro atoms. The Morgan fingerprint density at radius 2 is 2.16 bits per heavy atom. The number of amides is 1. The number of carbonyl (C=O) groups excluding carboxylic acids is 1. The molecule has 0 atom stereocenters. The highest BCUT2D eigenvalue weighted by atomic mass is 32.1. The van der Waals surface area contributed by atoms with Crippen LogP contribution in [0.4, 0.5) is 0 Å². The molecule has 4 aromatic rings. The largest absolute Gasteiger partial charge is 0.467 e. The average molecular weight is 451 g/mol. The van der Waals surface area contributed by atoms with E-state index in [-0.39, 0.29) is 5.91 Å². The number of aromatic nitrogens is 3. The molecule has 0 aliphatic heterocycles. The van der Waals surface area contributed by atoms with E-state index < -0.39 is 0 Å². The van der Waals surface area contributed by atoms with Gasteiger partial charge in [0, 0.05) is 48.8 Å². The first-order valence-electron chi connectivity index (χ1n) is 10.5. The lowest BCUT2D eigenvalue weighted by molar-refractivity contribution is 0.0948. The lowest BCUT2D eigenvalue weighted by Crippen LogP contribution is -2.25. The number of hydrogen-bond acceptors (Lipinski definition) is 6. The van der Waals surface area contributed by atoms with Crippen LogP contribution in [-0.2, 0) is 11.3 Å². The van der Waals surface area contributed by atoms with Crippen molar-refractivity contribution in [2.45, 2.75) is 26.8 Å². The number of furan rings is 1. The molecule has 7 nitrogen and oxygen atoms in total. The highest BCUT2D eigenvalue weighted by molar-refractivity contribution is 7.13. The maximum Gasteiger partial charge on any atom is 0.253 e. The third kappa shape index (κ3) is 4.81. The van der Waals surface area contributed by atoms with E-state index in [0.717, 1.165) is 45.5 Å². The van der Waals surface area contributed by atoms with Crippen molar-refractivity contribution in [1.29, 1.82) is 0 Å². The third-order valence-electron chi connectivity index (χ3n) is 5.24. The van der Waals surface area contributed by atoms with E-state index in [1.54, 1.807) is 24.7 Å². The smallest absolute Gasteiger partial charge is 0.253 e. The standard InChI is InChI=1S/C24H26N4O3S/c1-16-7-8-18(13-26-16)24-27-21(15-32-24)22-12-20(23(29)25-9-5-10-30-3)17(2)28(22)14-19-6-4-11-31-19/h4,6-8,11-13,15H,5,9-10,14H2,1-3H3,(H,25,29). The molecule has 0 bridgehead atoms. The van der Waals surface area contributed by atoms with Crippen LogP contribution in [0.25, 0.3) is 22.0 Å². The highest BCUT2D eigenvalue weighted by Crippen LogP contribution is 2.32. The fraction of sp³-hybridized carbons (Fsp3) is 0.292. The van der Waals surface area contributed by atoms with Gasteiger partial charge in [-0.3, -0.25) is 9.78 Å². The van der Waals surface area contributed by atoms with E-state index in [4.69, 9.17) is 14.1 Å². The normalized spacial score (nSPS) is 11.1. The number of methoxy groups -OCH3 is 1. The van der Waals surface area contributed by atoms with Gasteiger partial charge in [0.25, 0.3) is 5.91 Å². The second kappa shape index (κ2) is 9.93. The number of ether oxygens (including phenoxy) is 1. The first-order valence-corrected chi connectivity index (χ1v) is 11.3. The average Bonchev–Trinajstić information content (AvgIpc) is 3.54. The van der Waals surface area contributed by atoms with Crippen molar-refractivity contribution in [1.82, 2.24) is 19.9 Å². The van der Waals surface area contributed by atoms with Gasteiger partial charge in [0.2, 0.25) is 0 Å². The molecule has 0 aliphatic carbocycles. The summed E-state index contributed by atoms with van der Waals surface area (Å²) in [6.07, 6.45) is 4.26. The molecule has 32 heavy (non-hydrogen) atoms. The van der Waals surface area contributed by atoms with Gasteiger partial charge in [-0.15, -0.1) is 11.3 Å². The molecule has 0 saturated heterocycles. The number of thiazole rings is 1. The maximum atomic E-state index is 12.9. The summed E-state index contributed by atoms with van der Waals surface area (Å²) in [6.45, 7) is 5.60. The second-order valence-corrected chi connectivity index (χ2v) is 8.38. The summed E-state index contributed by atoms with van der Waals surface area (Å²) in [5.74, 6) is 0.714. The highest BCUT2D eigenvalue weighted by Gasteiger charge is 2.21. The van der Waals surface area contributed by atoms with Crippen molar-refractivity contribution < 1.29 is 13.9 Å². The zero-order chi connectivity index (χ0) is 22.5. The Labute approximate surface area is 191 Å². The summed E-state index contributed by atoms with van der Waals surface area (Å²) in [5, 5.41) is 5.89. The predicted molar refractivity (Wildman–Crippen MR) is 125 cm³/mol. The fourth-order valence-electron chi connectivity index (χ4n) is 3.48. The number of rotatable bonds is 9. The molecular formula is C24H26N4O3S. The third-order valence-corrected chi connectivity index (χ3v) is 6.13. The first-order chi connectivity index (χ1) is 15.6. The Bertz CT molecular complexity index is 1180. The van der Waals surface area contributed by atoms with Crippen molar-refractivity contribution in [2.24, 2.45) is 0 Å².